The fourth-order valence-corrected chi connectivity index (χ4v) is 4.41. The second kappa shape index (κ2) is 9.92. The molecule has 1 saturated heterocycles. The molecule has 2 aromatic heterocycles. The van der Waals surface area contributed by atoms with Gasteiger partial charge in [0.25, 0.3) is 0 Å². The van der Waals surface area contributed by atoms with Crippen molar-refractivity contribution in [3.05, 3.63) is 54.0 Å². The average molecular weight is 422 g/mol. The van der Waals surface area contributed by atoms with E-state index in [0.717, 1.165) is 58.4 Å². The third kappa shape index (κ3) is 5.05. The summed E-state index contributed by atoms with van der Waals surface area (Å²) in [7, 11) is 0. The predicted octanol–water partition coefficient (Wildman–Crippen LogP) is 3.59. The van der Waals surface area contributed by atoms with Crippen molar-refractivity contribution in [1.82, 2.24) is 19.9 Å². The molecule has 7 nitrogen and oxygen atoms in total. The van der Waals surface area contributed by atoms with Crippen molar-refractivity contribution in [2.75, 3.05) is 31.1 Å². The Balaban J connectivity index is 1.23. The van der Waals surface area contributed by atoms with Crippen LogP contribution in [0.3, 0.4) is 0 Å². The van der Waals surface area contributed by atoms with Gasteiger partial charge in [0, 0.05) is 49.1 Å². The first-order chi connectivity index (χ1) is 15.2. The number of carboxylic acid groups (broad SMARTS) is 1. The number of hydrogen-bond donors (Lipinski definition) is 2. The summed E-state index contributed by atoms with van der Waals surface area (Å²) in [5.74, 6) is 0.280. The highest BCUT2D eigenvalue weighted by atomic mass is 16.4. The molecule has 31 heavy (non-hydrogen) atoms. The molecule has 0 radical (unpaired) electrons. The summed E-state index contributed by atoms with van der Waals surface area (Å²) in [6.07, 6.45) is 9.46. The van der Waals surface area contributed by atoms with Gasteiger partial charge in [0.15, 0.2) is 0 Å². The molecule has 7 heteroatoms. The SMILES string of the molecule is CCCn1cc(CCNCC2CCN(c3ncc(C(=O)O)cn3)CC2)c2ccccc21. The number of aromatic nitrogens is 3. The number of benzene rings is 1. The third-order valence-corrected chi connectivity index (χ3v) is 6.12. The van der Waals surface area contributed by atoms with Crippen molar-refractivity contribution < 1.29 is 9.90 Å². The van der Waals surface area contributed by atoms with Crippen molar-refractivity contribution in [2.45, 2.75) is 39.2 Å². The van der Waals surface area contributed by atoms with Gasteiger partial charge in [-0.1, -0.05) is 25.1 Å². The molecule has 0 amide bonds. The van der Waals surface area contributed by atoms with E-state index < -0.39 is 5.97 Å². The number of nitrogens with one attached hydrogen (secondary N) is 1. The molecular formula is C24H31N5O2. The standard InChI is InChI=1S/C24H31N5O2/c1-2-11-29-17-19(21-5-3-4-6-22(21)29)7-10-25-14-18-8-12-28(13-9-18)24-26-15-20(16-27-24)23(30)31/h3-6,15-18,25H,2,7-14H2,1H3,(H,30,31). The van der Waals surface area contributed by atoms with E-state index in [9.17, 15) is 4.79 Å². The lowest BCUT2D eigenvalue weighted by molar-refractivity contribution is 0.0696. The Morgan fingerprint density at radius 1 is 1.19 bits per heavy atom. The van der Waals surface area contributed by atoms with Crippen LogP contribution in [-0.4, -0.2) is 51.8 Å². The number of carbonyl (C=O) groups is 1. The maximum Gasteiger partial charge on any atom is 0.338 e. The smallest absolute Gasteiger partial charge is 0.338 e. The molecule has 1 aromatic carbocycles. The maximum atomic E-state index is 10.9. The Hall–Kier alpha value is -2.93. The minimum Gasteiger partial charge on any atom is -0.478 e. The van der Waals surface area contributed by atoms with Crippen molar-refractivity contribution in [3.8, 4) is 0 Å². The van der Waals surface area contributed by atoms with Gasteiger partial charge in [0.2, 0.25) is 5.95 Å². The number of hydrogen-bond acceptors (Lipinski definition) is 5. The van der Waals surface area contributed by atoms with Crippen LogP contribution in [0.25, 0.3) is 10.9 Å². The second-order valence-corrected chi connectivity index (χ2v) is 8.33. The molecule has 0 atom stereocenters. The minimum atomic E-state index is -0.994. The van der Waals surface area contributed by atoms with E-state index in [1.54, 1.807) is 0 Å². The van der Waals surface area contributed by atoms with Gasteiger partial charge in [0.1, 0.15) is 0 Å². The Bertz CT molecular complexity index is 1010. The van der Waals surface area contributed by atoms with Gasteiger partial charge in [-0.3, -0.25) is 0 Å². The van der Waals surface area contributed by atoms with E-state index in [-0.39, 0.29) is 5.56 Å². The van der Waals surface area contributed by atoms with Crippen LogP contribution in [-0.2, 0) is 13.0 Å². The summed E-state index contributed by atoms with van der Waals surface area (Å²) in [5, 5.41) is 14.0. The first-order valence-electron chi connectivity index (χ1n) is 11.2. The van der Waals surface area contributed by atoms with Crippen molar-refractivity contribution in [3.63, 3.8) is 0 Å². The quantitative estimate of drug-likeness (QED) is 0.514. The molecule has 0 bridgehead atoms. The zero-order valence-corrected chi connectivity index (χ0v) is 18.1. The van der Waals surface area contributed by atoms with Crippen molar-refractivity contribution in [1.29, 1.82) is 0 Å². The Morgan fingerprint density at radius 2 is 1.94 bits per heavy atom. The normalized spacial score (nSPS) is 14.9. The van der Waals surface area contributed by atoms with Crippen molar-refractivity contribution in [2.24, 2.45) is 5.92 Å². The molecule has 0 saturated carbocycles. The van der Waals surface area contributed by atoms with Crippen LogP contribution in [0.4, 0.5) is 5.95 Å². The third-order valence-electron chi connectivity index (χ3n) is 6.12. The molecule has 4 rings (SSSR count). The van der Waals surface area contributed by atoms with Crippen LogP contribution in [0.2, 0.25) is 0 Å². The Labute approximate surface area is 183 Å². The zero-order valence-electron chi connectivity index (χ0n) is 18.1. The lowest BCUT2D eigenvalue weighted by Crippen LogP contribution is -2.38. The van der Waals surface area contributed by atoms with Crippen LogP contribution in [0.1, 0.15) is 42.1 Å². The van der Waals surface area contributed by atoms with E-state index in [2.05, 4.69) is 62.1 Å². The van der Waals surface area contributed by atoms with Gasteiger partial charge in [-0.15, -0.1) is 0 Å². The first-order valence-corrected chi connectivity index (χ1v) is 11.2. The summed E-state index contributed by atoms with van der Waals surface area (Å²) in [5.41, 5.74) is 2.89. The van der Waals surface area contributed by atoms with Crippen LogP contribution >= 0.6 is 0 Å². The Morgan fingerprint density at radius 3 is 2.65 bits per heavy atom. The van der Waals surface area contributed by atoms with Crippen LogP contribution in [0, 0.1) is 5.92 Å². The fraction of sp³-hybridized carbons (Fsp3) is 0.458. The molecule has 1 aliphatic heterocycles. The highest BCUT2D eigenvalue weighted by Crippen LogP contribution is 2.23. The van der Waals surface area contributed by atoms with Gasteiger partial charge < -0.3 is 19.9 Å². The summed E-state index contributed by atoms with van der Waals surface area (Å²) in [6.45, 7) is 7.11. The number of carboxylic acids is 1. The highest BCUT2D eigenvalue weighted by Gasteiger charge is 2.21. The fourth-order valence-electron chi connectivity index (χ4n) is 4.41. The number of para-hydroxylation sites is 1. The molecular weight excluding hydrogens is 390 g/mol. The molecule has 3 heterocycles. The van der Waals surface area contributed by atoms with Crippen molar-refractivity contribution >= 4 is 22.8 Å². The molecule has 0 aliphatic carbocycles. The van der Waals surface area contributed by atoms with Crippen LogP contribution in [0.15, 0.2) is 42.9 Å². The number of anilines is 1. The second-order valence-electron chi connectivity index (χ2n) is 8.33. The average Bonchev–Trinajstić information content (AvgIpc) is 3.15. The highest BCUT2D eigenvalue weighted by molar-refractivity contribution is 5.86. The number of fused-ring (bicyclic) bond motifs is 1. The van der Waals surface area contributed by atoms with Crippen LogP contribution in [0.5, 0.6) is 0 Å². The molecule has 1 aliphatic rings. The molecule has 0 unspecified atom stereocenters. The summed E-state index contributed by atoms with van der Waals surface area (Å²) in [6, 6.07) is 8.70. The van der Waals surface area contributed by atoms with Gasteiger partial charge in [0.05, 0.1) is 5.56 Å². The monoisotopic (exact) mass is 421 g/mol. The molecule has 0 spiro atoms. The lowest BCUT2D eigenvalue weighted by atomic mass is 9.97. The number of aromatic carboxylic acids is 1. The molecule has 3 aromatic rings. The van der Waals surface area contributed by atoms with E-state index in [1.807, 2.05) is 0 Å². The molecule has 2 N–H and O–H groups in total. The van der Waals surface area contributed by atoms with E-state index >= 15 is 0 Å². The lowest BCUT2D eigenvalue weighted by Gasteiger charge is -2.32. The van der Waals surface area contributed by atoms with Gasteiger partial charge in [-0.05, 0) is 56.3 Å². The summed E-state index contributed by atoms with van der Waals surface area (Å²) >= 11 is 0. The first kappa shape index (κ1) is 21.3. The Kier molecular flexibility index (Phi) is 6.82. The minimum absolute atomic E-state index is 0.126. The number of rotatable bonds is 9. The maximum absolute atomic E-state index is 10.9. The largest absolute Gasteiger partial charge is 0.478 e. The summed E-state index contributed by atoms with van der Waals surface area (Å²) in [4.78, 5) is 21.5. The van der Waals surface area contributed by atoms with Gasteiger partial charge >= 0.3 is 5.97 Å². The zero-order chi connectivity index (χ0) is 21.6. The van der Waals surface area contributed by atoms with E-state index in [1.165, 1.54) is 28.9 Å². The topological polar surface area (TPSA) is 83.3 Å². The van der Waals surface area contributed by atoms with E-state index in [0.29, 0.717) is 11.9 Å². The molecule has 164 valence electrons. The number of aryl methyl sites for hydroxylation is 1. The summed E-state index contributed by atoms with van der Waals surface area (Å²) < 4.78 is 2.38. The van der Waals surface area contributed by atoms with Gasteiger partial charge in [-0.2, -0.15) is 0 Å². The number of nitrogens with zero attached hydrogens (tertiary/aromatic N) is 4. The predicted molar refractivity (Wildman–Crippen MR) is 123 cm³/mol. The number of piperidine rings is 1. The van der Waals surface area contributed by atoms with Gasteiger partial charge in [-0.25, -0.2) is 14.8 Å². The van der Waals surface area contributed by atoms with E-state index in [4.69, 9.17) is 5.11 Å². The van der Waals surface area contributed by atoms with Crippen LogP contribution < -0.4 is 10.2 Å². The molecule has 1 fully saturated rings.